The summed E-state index contributed by atoms with van der Waals surface area (Å²) in [7, 11) is 2.52. The van der Waals surface area contributed by atoms with Gasteiger partial charge in [-0.15, -0.1) is 0 Å². The molecule has 0 saturated carbocycles. The first kappa shape index (κ1) is 29.9. The first-order valence-electron chi connectivity index (χ1n) is 11.8. The number of hydrogen-bond donors (Lipinski definition) is 6. The second-order valence-corrected chi connectivity index (χ2v) is 13.4. The van der Waals surface area contributed by atoms with Crippen molar-refractivity contribution in [2.75, 3.05) is 32.3 Å². The Morgan fingerprint density at radius 2 is 2.12 bits per heavy atom. The second-order valence-electron chi connectivity index (χ2n) is 9.09. The lowest BCUT2D eigenvalue weighted by Crippen LogP contribution is -2.44. The number of nitrogen functional groups attached to an aromatic ring is 1. The van der Waals surface area contributed by atoms with Gasteiger partial charge in [0.15, 0.2) is 17.4 Å². The molecule has 20 heteroatoms. The summed E-state index contributed by atoms with van der Waals surface area (Å²) in [5.41, 5.74) is 4.25. The number of ether oxygens (including phenoxy) is 3. The number of amides is 3. The fourth-order valence-corrected chi connectivity index (χ4v) is 7.96. The van der Waals surface area contributed by atoms with Gasteiger partial charge in [0.2, 0.25) is 11.8 Å². The minimum atomic E-state index is -4.01. The molecule has 0 aromatic carbocycles. The molecule has 2 aliphatic rings. The molecule has 0 spiro atoms. The van der Waals surface area contributed by atoms with E-state index in [-0.39, 0.29) is 28.7 Å². The molecule has 2 fully saturated rings. The maximum atomic E-state index is 13.7. The quantitative estimate of drug-likeness (QED) is 0.0984. The largest absolute Gasteiger partial charge is 0.479 e. The van der Waals surface area contributed by atoms with Crippen molar-refractivity contribution in [2.45, 2.75) is 50.0 Å². The highest BCUT2D eigenvalue weighted by Crippen LogP contribution is 2.57. The van der Waals surface area contributed by atoms with E-state index >= 15 is 0 Å². The van der Waals surface area contributed by atoms with E-state index in [0.29, 0.717) is 11.4 Å². The van der Waals surface area contributed by atoms with Gasteiger partial charge in [0.1, 0.15) is 29.9 Å². The number of esters is 1. The monoisotopic (exact) mass is 604 g/mol. The summed E-state index contributed by atoms with van der Waals surface area (Å²) in [5.74, 6) is -1.56. The zero-order chi connectivity index (χ0) is 29.4. The Labute approximate surface area is 230 Å². The number of fused-ring (bicyclic) bond motifs is 1. The van der Waals surface area contributed by atoms with Crippen molar-refractivity contribution in [3.63, 3.8) is 0 Å². The molecule has 2 aromatic heterocycles. The first-order valence-corrected chi connectivity index (χ1v) is 15.0. The Bertz CT molecular complexity index is 1360. The number of anilines is 1. The van der Waals surface area contributed by atoms with Crippen LogP contribution in [-0.2, 0) is 28.2 Å². The van der Waals surface area contributed by atoms with E-state index in [4.69, 9.17) is 19.7 Å². The molecular formula is C20H29N8O10PS. The topological polar surface area (TPSA) is 251 Å². The zero-order valence-electron chi connectivity index (χ0n) is 21.8. The van der Waals surface area contributed by atoms with Crippen LogP contribution in [0.15, 0.2) is 6.33 Å². The van der Waals surface area contributed by atoms with Gasteiger partial charge < -0.3 is 40.0 Å². The van der Waals surface area contributed by atoms with Crippen LogP contribution < -0.4 is 26.2 Å². The van der Waals surface area contributed by atoms with Crippen LogP contribution in [0.5, 0.6) is 5.88 Å². The van der Waals surface area contributed by atoms with E-state index < -0.39 is 67.4 Å². The van der Waals surface area contributed by atoms with Gasteiger partial charge in [-0.1, -0.05) is 11.4 Å². The van der Waals surface area contributed by atoms with Crippen LogP contribution in [0.25, 0.3) is 11.2 Å². The van der Waals surface area contributed by atoms with Gasteiger partial charge in [-0.05, 0) is 13.8 Å². The maximum absolute atomic E-state index is 13.7. The molecule has 220 valence electrons. The Kier molecular flexibility index (Phi) is 8.55. The molecular weight excluding hydrogens is 575 g/mol. The number of carbonyl (C=O) groups is 3. The van der Waals surface area contributed by atoms with Crippen molar-refractivity contribution >= 4 is 53.1 Å². The molecule has 7 N–H and O–H groups in total. The smallest absolute Gasteiger partial charge is 0.327 e. The Balaban J connectivity index is 1.53. The molecule has 40 heavy (non-hydrogen) atoms. The third kappa shape index (κ3) is 5.85. The molecule has 4 rings (SSSR count). The molecule has 18 nitrogen and oxygen atoms in total. The molecule has 3 amide bonds. The molecule has 4 heterocycles. The van der Waals surface area contributed by atoms with Gasteiger partial charge in [-0.2, -0.15) is 9.97 Å². The van der Waals surface area contributed by atoms with Gasteiger partial charge in [0.25, 0.3) is 5.91 Å². The van der Waals surface area contributed by atoms with Crippen LogP contribution in [0, 0.1) is 0 Å². The number of aliphatic hydroxyl groups is 2. The molecule has 0 aliphatic carbocycles. The number of nitrogens with two attached hydrogens (primary N) is 1. The number of nitrogens with zero attached hydrogens (tertiary/aromatic N) is 4. The van der Waals surface area contributed by atoms with Crippen molar-refractivity contribution in [1.29, 1.82) is 0 Å². The van der Waals surface area contributed by atoms with Crippen LogP contribution in [-0.4, -0.2) is 104 Å². The maximum Gasteiger partial charge on any atom is 0.327 e. The molecule has 2 aromatic rings. The average molecular weight is 605 g/mol. The van der Waals surface area contributed by atoms with E-state index in [1.54, 1.807) is 0 Å². The minimum absolute atomic E-state index is 0.0928. The summed E-state index contributed by atoms with van der Waals surface area (Å²) in [6, 6.07) is -2.78. The third-order valence-electron chi connectivity index (χ3n) is 6.19. The standard InChI is InChI=1S/C20H29N8O10PS/c1-8(16(31)36-4)27-39(34,40-6-9-14(30)25-19(32)23-9)37-5-10-12(29)20(2,33)17(38-10)28-7-22-11-13(28)24-18(21)26-15(11)35-3/h7-10,12,17,29,33H,5-6H2,1-4H3,(H,27,34)(H2,21,24,26)(H2,23,25,30,32)/t8-,9?,10-,12-,17-,20-,39?/m1/s1. The van der Waals surface area contributed by atoms with Crippen LogP contribution in [0.4, 0.5) is 10.7 Å². The Hall–Kier alpha value is -3.06. The summed E-state index contributed by atoms with van der Waals surface area (Å²) >= 11 is 0.653. The summed E-state index contributed by atoms with van der Waals surface area (Å²) in [4.78, 5) is 47.6. The van der Waals surface area contributed by atoms with E-state index in [1.807, 2.05) is 0 Å². The number of carbonyl (C=O) groups excluding carboxylic acids is 3. The number of rotatable bonds is 11. The Morgan fingerprint density at radius 3 is 2.75 bits per heavy atom. The first-order chi connectivity index (χ1) is 18.8. The van der Waals surface area contributed by atoms with Crippen molar-refractivity contribution in [2.24, 2.45) is 0 Å². The fraction of sp³-hybridized carbons (Fsp3) is 0.600. The second kappa shape index (κ2) is 11.4. The summed E-state index contributed by atoms with van der Waals surface area (Å²) in [6.07, 6.45) is -2.71. The Morgan fingerprint density at radius 1 is 1.40 bits per heavy atom. The number of imidazole rings is 1. The van der Waals surface area contributed by atoms with E-state index in [0.717, 1.165) is 7.11 Å². The molecule has 2 aliphatic heterocycles. The molecule has 0 radical (unpaired) electrons. The van der Waals surface area contributed by atoms with Gasteiger partial charge >= 0.3 is 18.7 Å². The number of aliphatic hydroxyl groups excluding tert-OH is 1. The predicted molar refractivity (Wildman–Crippen MR) is 138 cm³/mol. The average Bonchev–Trinajstić information content (AvgIpc) is 3.53. The van der Waals surface area contributed by atoms with Crippen molar-refractivity contribution in [3.05, 3.63) is 6.33 Å². The van der Waals surface area contributed by atoms with E-state index in [2.05, 4.69) is 35.4 Å². The SMILES string of the molecule is COC(=O)[C@@H](C)NP(=O)(OC[C@H]1O[C@@H](n2cnc3c(OC)nc(N)nc32)[C@](C)(O)[C@@H]1O)SCC1NC(=O)NC1=O. The lowest BCUT2D eigenvalue weighted by molar-refractivity contribution is -0.142. The molecule has 7 atom stereocenters. The number of aromatic nitrogens is 4. The highest BCUT2D eigenvalue weighted by Gasteiger charge is 2.54. The van der Waals surface area contributed by atoms with Gasteiger partial charge in [0, 0.05) is 5.75 Å². The number of imide groups is 1. The van der Waals surface area contributed by atoms with Crippen molar-refractivity contribution in [1.82, 2.24) is 35.2 Å². The molecule has 2 saturated heterocycles. The van der Waals surface area contributed by atoms with E-state index in [1.165, 1.54) is 31.9 Å². The number of nitrogens with one attached hydrogen (secondary N) is 3. The summed E-state index contributed by atoms with van der Waals surface area (Å²) in [5, 5.41) is 29.1. The lowest BCUT2D eigenvalue weighted by Gasteiger charge is -2.27. The normalized spacial score (nSPS) is 28.6. The summed E-state index contributed by atoms with van der Waals surface area (Å²) < 4.78 is 36.5. The number of urea groups is 1. The van der Waals surface area contributed by atoms with E-state index in [9.17, 15) is 29.2 Å². The van der Waals surface area contributed by atoms with Gasteiger partial charge in [-0.3, -0.25) is 24.0 Å². The molecule has 2 unspecified atom stereocenters. The van der Waals surface area contributed by atoms with Gasteiger partial charge in [-0.25, -0.2) is 14.9 Å². The van der Waals surface area contributed by atoms with Crippen LogP contribution in [0.1, 0.15) is 20.1 Å². The minimum Gasteiger partial charge on any atom is -0.479 e. The predicted octanol–water partition coefficient (Wildman–Crippen LogP) is -1.36. The third-order valence-corrected chi connectivity index (χ3v) is 10.3. The highest BCUT2D eigenvalue weighted by molar-refractivity contribution is 8.56. The zero-order valence-corrected chi connectivity index (χ0v) is 23.5. The molecule has 0 bridgehead atoms. The number of hydrogen-bond acceptors (Lipinski definition) is 15. The summed E-state index contributed by atoms with van der Waals surface area (Å²) in [6.45, 7) is -1.82. The van der Waals surface area contributed by atoms with Gasteiger partial charge in [0.05, 0.1) is 27.2 Å². The highest BCUT2D eigenvalue weighted by atomic mass is 32.7. The van der Waals surface area contributed by atoms with Crippen LogP contribution in [0.3, 0.4) is 0 Å². The van der Waals surface area contributed by atoms with Crippen LogP contribution >= 0.6 is 18.1 Å². The van der Waals surface area contributed by atoms with Crippen LogP contribution in [0.2, 0.25) is 0 Å². The van der Waals surface area contributed by atoms with Crippen molar-refractivity contribution in [3.8, 4) is 5.88 Å². The number of methoxy groups -OCH3 is 2. The fourth-order valence-electron chi connectivity index (χ4n) is 4.10. The lowest BCUT2D eigenvalue weighted by atomic mass is 9.96. The van der Waals surface area contributed by atoms with Crippen molar-refractivity contribution < 1.29 is 47.9 Å².